The zero-order valence-corrected chi connectivity index (χ0v) is 12.7. The van der Waals surface area contributed by atoms with Gasteiger partial charge < -0.3 is 15.4 Å². The highest BCUT2D eigenvalue weighted by atomic mass is 16.5. The van der Waals surface area contributed by atoms with Gasteiger partial charge >= 0.3 is 0 Å². The highest BCUT2D eigenvalue weighted by Crippen LogP contribution is 2.29. The van der Waals surface area contributed by atoms with Crippen LogP contribution in [0, 0.1) is 5.41 Å². The summed E-state index contributed by atoms with van der Waals surface area (Å²) in [6.07, 6.45) is 0. The smallest absolute Gasteiger partial charge is 0.124 e. The first-order valence-corrected chi connectivity index (χ1v) is 6.93. The van der Waals surface area contributed by atoms with Crippen molar-refractivity contribution in [1.29, 1.82) is 5.41 Å². The van der Waals surface area contributed by atoms with Crippen LogP contribution < -0.4 is 15.4 Å². The minimum absolute atomic E-state index is 0.0990. The molecule has 1 aliphatic heterocycles. The molecule has 2 rings (SSSR count). The summed E-state index contributed by atoms with van der Waals surface area (Å²) in [5, 5.41) is 7.76. The molecule has 5 heteroatoms. The highest BCUT2D eigenvalue weighted by Gasteiger charge is 2.28. The molecule has 2 unspecified atom stereocenters. The molecule has 5 nitrogen and oxygen atoms in total. The maximum absolute atomic E-state index is 7.76. The third kappa shape index (κ3) is 2.72. The first-order chi connectivity index (χ1) is 9.43. The van der Waals surface area contributed by atoms with Crippen LogP contribution in [0.15, 0.2) is 18.2 Å². The molecule has 1 aromatic rings. The van der Waals surface area contributed by atoms with Crippen LogP contribution in [0.3, 0.4) is 0 Å². The maximum atomic E-state index is 7.76. The fourth-order valence-electron chi connectivity index (χ4n) is 2.73. The van der Waals surface area contributed by atoms with Gasteiger partial charge in [-0.05, 0) is 33.0 Å². The average molecular weight is 276 g/mol. The van der Waals surface area contributed by atoms with Crippen LogP contribution >= 0.6 is 0 Å². The van der Waals surface area contributed by atoms with Crippen LogP contribution in [-0.4, -0.2) is 50.1 Å². The van der Waals surface area contributed by atoms with E-state index in [4.69, 9.17) is 15.9 Å². The number of likely N-dealkylation sites (N-methyl/N-ethyl adjacent to an activating group) is 1. The van der Waals surface area contributed by atoms with Gasteiger partial charge in [-0.1, -0.05) is 0 Å². The molecule has 0 bridgehead atoms. The second-order valence-electron chi connectivity index (χ2n) is 5.57. The Hall–Kier alpha value is -1.75. The van der Waals surface area contributed by atoms with E-state index in [-0.39, 0.29) is 5.84 Å². The van der Waals surface area contributed by atoms with Crippen molar-refractivity contribution in [3.8, 4) is 5.75 Å². The average Bonchev–Trinajstić information content (AvgIpc) is 2.43. The van der Waals surface area contributed by atoms with E-state index in [1.165, 1.54) is 0 Å². The normalized spacial score (nSPS) is 23.7. The fraction of sp³-hybridized carbons (Fsp3) is 0.533. The van der Waals surface area contributed by atoms with Crippen molar-refractivity contribution in [2.75, 3.05) is 32.1 Å². The minimum atomic E-state index is 0.0990. The Labute approximate surface area is 120 Å². The zero-order chi connectivity index (χ0) is 14.9. The van der Waals surface area contributed by atoms with Gasteiger partial charge in [-0.15, -0.1) is 0 Å². The summed E-state index contributed by atoms with van der Waals surface area (Å²) in [7, 11) is 3.81. The number of methoxy groups -OCH3 is 1. The van der Waals surface area contributed by atoms with E-state index < -0.39 is 0 Å². The number of benzene rings is 1. The minimum Gasteiger partial charge on any atom is -0.497 e. The number of nitrogens with two attached hydrogens (primary N) is 1. The second kappa shape index (κ2) is 5.71. The van der Waals surface area contributed by atoms with Gasteiger partial charge in [0.05, 0.1) is 12.8 Å². The van der Waals surface area contributed by atoms with E-state index in [9.17, 15) is 0 Å². The Kier molecular flexibility index (Phi) is 4.18. The molecule has 110 valence electrons. The molecule has 2 atom stereocenters. The molecule has 0 spiro atoms. The Morgan fingerprint density at radius 3 is 2.40 bits per heavy atom. The predicted molar refractivity (Wildman–Crippen MR) is 82.9 cm³/mol. The standard InChI is InChI=1S/C15H24N4O/c1-10-8-19(9-11(2)18(10)3)14-7-12(20-4)5-6-13(14)15(16)17/h5-7,10-11H,8-9H2,1-4H3,(H3,16,17). The number of ether oxygens (including phenoxy) is 1. The number of hydrogen-bond donors (Lipinski definition) is 2. The second-order valence-corrected chi connectivity index (χ2v) is 5.57. The molecule has 1 fully saturated rings. The number of amidine groups is 1. The molecule has 1 saturated heterocycles. The van der Waals surface area contributed by atoms with Gasteiger partial charge in [0.2, 0.25) is 0 Å². The van der Waals surface area contributed by atoms with Crippen molar-refractivity contribution in [1.82, 2.24) is 4.90 Å². The first kappa shape index (κ1) is 14.7. The van der Waals surface area contributed by atoms with E-state index in [0.717, 1.165) is 30.1 Å². The molecule has 0 aromatic heterocycles. The number of rotatable bonds is 3. The molecule has 20 heavy (non-hydrogen) atoms. The van der Waals surface area contributed by atoms with Crippen molar-refractivity contribution in [3.63, 3.8) is 0 Å². The van der Waals surface area contributed by atoms with Crippen LogP contribution in [0.1, 0.15) is 19.4 Å². The van der Waals surface area contributed by atoms with E-state index in [0.29, 0.717) is 12.1 Å². The van der Waals surface area contributed by atoms with Crippen LogP contribution in [0.4, 0.5) is 5.69 Å². The van der Waals surface area contributed by atoms with Gasteiger partial charge in [-0.2, -0.15) is 0 Å². The Morgan fingerprint density at radius 1 is 1.30 bits per heavy atom. The lowest BCUT2D eigenvalue weighted by Gasteiger charge is -2.44. The molecule has 3 N–H and O–H groups in total. The van der Waals surface area contributed by atoms with Crippen LogP contribution in [0.5, 0.6) is 5.75 Å². The third-order valence-corrected chi connectivity index (χ3v) is 4.20. The van der Waals surface area contributed by atoms with Gasteiger partial charge in [0, 0.05) is 36.8 Å². The number of nitrogens with zero attached hydrogens (tertiary/aromatic N) is 2. The lowest BCUT2D eigenvalue weighted by Crippen LogP contribution is -2.55. The van der Waals surface area contributed by atoms with Crippen LogP contribution in [0.2, 0.25) is 0 Å². The van der Waals surface area contributed by atoms with E-state index in [2.05, 4.69) is 30.7 Å². The van der Waals surface area contributed by atoms with Gasteiger partial charge in [0.1, 0.15) is 11.6 Å². The largest absolute Gasteiger partial charge is 0.497 e. The SMILES string of the molecule is COc1ccc(C(=N)N)c(N2CC(C)N(C)C(C)C2)c1. The third-order valence-electron chi connectivity index (χ3n) is 4.20. The summed E-state index contributed by atoms with van der Waals surface area (Å²) in [5.41, 5.74) is 7.48. The maximum Gasteiger partial charge on any atom is 0.124 e. The number of hydrogen-bond acceptors (Lipinski definition) is 4. The molecule has 0 radical (unpaired) electrons. The summed E-state index contributed by atoms with van der Waals surface area (Å²) in [4.78, 5) is 4.68. The van der Waals surface area contributed by atoms with Crippen molar-refractivity contribution in [3.05, 3.63) is 23.8 Å². The quantitative estimate of drug-likeness (QED) is 0.649. The van der Waals surface area contributed by atoms with Crippen molar-refractivity contribution < 1.29 is 4.74 Å². The molecular weight excluding hydrogens is 252 g/mol. The Morgan fingerprint density at radius 2 is 1.90 bits per heavy atom. The van der Waals surface area contributed by atoms with Gasteiger partial charge in [-0.25, -0.2) is 0 Å². The number of nitrogens with one attached hydrogen (secondary N) is 1. The summed E-state index contributed by atoms with van der Waals surface area (Å²) >= 11 is 0. The van der Waals surface area contributed by atoms with Crippen LogP contribution in [-0.2, 0) is 0 Å². The summed E-state index contributed by atoms with van der Waals surface area (Å²) < 4.78 is 5.31. The first-order valence-electron chi connectivity index (χ1n) is 6.93. The predicted octanol–water partition coefficient (Wildman–Crippen LogP) is 1.51. The van der Waals surface area contributed by atoms with Crippen molar-refractivity contribution in [2.24, 2.45) is 5.73 Å². The van der Waals surface area contributed by atoms with E-state index in [1.54, 1.807) is 7.11 Å². The van der Waals surface area contributed by atoms with E-state index in [1.807, 2.05) is 18.2 Å². The van der Waals surface area contributed by atoms with Gasteiger partial charge in [0.25, 0.3) is 0 Å². The molecule has 1 heterocycles. The molecule has 1 aromatic carbocycles. The summed E-state index contributed by atoms with van der Waals surface area (Å²) in [6.45, 7) is 6.29. The number of anilines is 1. The molecule has 0 aliphatic carbocycles. The number of piperazine rings is 1. The molecule has 0 saturated carbocycles. The summed E-state index contributed by atoms with van der Waals surface area (Å²) in [6, 6.07) is 6.61. The molecular formula is C15H24N4O. The number of nitrogen functional groups attached to an aromatic ring is 1. The molecule has 1 aliphatic rings. The molecule has 0 amide bonds. The lowest BCUT2D eigenvalue weighted by molar-refractivity contribution is 0.170. The van der Waals surface area contributed by atoms with Crippen molar-refractivity contribution in [2.45, 2.75) is 25.9 Å². The fourth-order valence-corrected chi connectivity index (χ4v) is 2.73. The highest BCUT2D eigenvalue weighted by molar-refractivity contribution is 6.00. The lowest BCUT2D eigenvalue weighted by atomic mass is 10.0. The van der Waals surface area contributed by atoms with Gasteiger partial charge in [0.15, 0.2) is 0 Å². The van der Waals surface area contributed by atoms with E-state index >= 15 is 0 Å². The Balaban J connectivity index is 2.37. The Bertz CT molecular complexity index is 491. The van der Waals surface area contributed by atoms with Crippen molar-refractivity contribution >= 4 is 11.5 Å². The topological polar surface area (TPSA) is 65.6 Å². The summed E-state index contributed by atoms with van der Waals surface area (Å²) in [5.74, 6) is 0.895. The van der Waals surface area contributed by atoms with Crippen LogP contribution in [0.25, 0.3) is 0 Å². The monoisotopic (exact) mass is 276 g/mol. The van der Waals surface area contributed by atoms with Gasteiger partial charge in [-0.3, -0.25) is 10.3 Å². The zero-order valence-electron chi connectivity index (χ0n) is 12.7.